The van der Waals surface area contributed by atoms with Crippen LogP contribution in [0.2, 0.25) is 5.02 Å². The van der Waals surface area contributed by atoms with Gasteiger partial charge in [-0.05, 0) is 5.56 Å². The van der Waals surface area contributed by atoms with Crippen LogP contribution in [0, 0.1) is 5.41 Å². The minimum atomic E-state index is -0.596. The molecule has 0 fully saturated rings. The van der Waals surface area contributed by atoms with Crippen LogP contribution in [0.1, 0.15) is 44.4 Å². The van der Waals surface area contributed by atoms with Crippen LogP contribution in [0.15, 0.2) is 41.6 Å². The van der Waals surface area contributed by atoms with Gasteiger partial charge in [0.2, 0.25) is 5.91 Å². The third kappa shape index (κ3) is 4.32. The zero-order chi connectivity index (χ0) is 21.2. The van der Waals surface area contributed by atoms with E-state index >= 15 is 0 Å². The summed E-state index contributed by atoms with van der Waals surface area (Å²) < 4.78 is 11.2. The molecule has 0 aromatic heterocycles. The number of oxime groups is 1. The molecule has 0 saturated heterocycles. The van der Waals surface area contributed by atoms with Crippen LogP contribution in [0.25, 0.3) is 0 Å². The summed E-state index contributed by atoms with van der Waals surface area (Å²) in [6, 6.07) is 11.5. The highest BCUT2D eigenvalue weighted by molar-refractivity contribution is 6.35. The smallest absolute Gasteiger partial charge is 0.229 e. The van der Waals surface area contributed by atoms with E-state index < -0.39 is 5.41 Å². The molecule has 6 nitrogen and oxygen atoms in total. The Morgan fingerprint density at radius 1 is 1.21 bits per heavy atom. The van der Waals surface area contributed by atoms with Crippen molar-refractivity contribution >= 4 is 28.9 Å². The highest BCUT2D eigenvalue weighted by Gasteiger charge is 2.32. The number of halogens is 1. The number of amides is 1. The lowest BCUT2D eigenvalue weighted by molar-refractivity contribution is -0.123. The van der Waals surface area contributed by atoms with Gasteiger partial charge in [-0.15, -0.1) is 0 Å². The molecular formula is C22H25ClN2O4. The van der Waals surface area contributed by atoms with Crippen molar-refractivity contribution in [2.24, 2.45) is 10.6 Å². The van der Waals surface area contributed by atoms with Crippen molar-refractivity contribution < 1.29 is 19.1 Å². The van der Waals surface area contributed by atoms with Gasteiger partial charge >= 0.3 is 0 Å². The van der Waals surface area contributed by atoms with E-state index in [0.29, 0.717) is 39.9 Å². The van der Waals surface area contributed by atoms with Gasteiger partial charge in [-0.25, -0.2) is 0 Å². The topological polar surface area (TPSA) is 69.2 Å². The van der Waals surface area contributed by atoms with Crippen molar-refractivity contribution in [2.75, 3.05) is 19.5 Å². The number of hydrogen-bond donors (Lipinski definition) is 1. The van der Waals surface area contributed by atoms with Crippen LogP contribution in [0.3, 0.4) is 0 Å². The van der Waals surface area contributed by atoms with E-state index in [0.717, 1.165) is 5.56 Å². The lowest BCUT2D eigenvalue weighted by Gasteiger charge is -2.22. The number of methoxy groups -OCH3 is 2. The van der Waals surface area contributed by atoms with Crippen molar-refractivity contribution in [3.05, 3.63) is 52.5 Å². The highest BCUT2D eigenvalue weighted by atomic mass is 35.5. The molecule has 0 radical (unpaired) electrons. The fourth-order valence-corrected chi connectivity index (χ4v) is 3.26. The first-order chi connectivity index (χ1) is 13.8. The minimum absolute atomic E-state index is 0.180. The highest BCUT2D eigenvalue weighted by Crippen LogP contribution is 2.45. The number of benzene rings is 2. The second kappa shape index (κ2) is 8.33. The Hall–Kier alpha value is -2.73. The standard InChI is InChI=1S/C22H25ClN2O4/c1-22(2,3)21(26)24-19-14(23)11-17(27-4)18(20(19)28-5)15-12-16(29-25-15)13-9-7-6-8-10-13/h6-11,16H,12H2,1-5H3,(H,24,26). The Morgan fingerprint density at radius 3 is 2.48 bits per heavy atom. The number of anilines is 1. The third-order valence-corrected chi connectivity index (χ3v) is 4.97. The fraction of sp³-hybridized carbons (Fsp3) is 0.364. The number of hydrogen-bond acceptors (Lipinski definition) is 5. The maximum Gasteiger partial charge on any atom is 0.229 e. The SMILES string of the molecule is COc1cc(Cl)c(NC(=O)C(C)(C)C)c(OC)c1C1=NOC(c2ccccc2)C1. The van der Waals surface area contributed by atoms with Crippen molar-refractivity contribution in [1.82, 2.24) is 0 Å². The normalized spacial score (nSPS) is 16.1. The fourth-order valence-electron chi connectivity index (χ4n) is 3.03. The number of rotatable bonds is 5. The quantitative estimate of drug-likeness (QED) is 0.726. The molecule has 0 bridgehead atoms. The van der Waals surface area contributed by atoms with E-state index in [9.17, 15) is 4.79 Å². The number of nitrogens with zero attached hydrogens (tertiary/aromatic N) is 1. The van der Waals surface area contributed by atoms with E-state index in [1.165, 1.54) is 7.11 Å². The molecule has 1 N–H and O–H groups in total. The molecule has 0 saturated carbocycles. The molecule has 0 spiro atoms. The summed E-state index contributed by atoms with van der Waals surface area (Å²) in [5.41, 5.74) is 2.09. The Morgan fingerprint density at radius 2 is 1.90 bits per heavy atom. The van der Waals surface area contributed by atoms with Crippen LogP contribution >= 0.6 is 11.6 Å². The van der Waals surface area contributed by atoms with Crippen molar-refractivity contribution in [3.8, 4) is 11.5 Å². The molecule has 1 heterocycles. The summed E-state index contributed by atoms with van der Waals surface area (Å²) in [6.45, 7) is 5.48. The van der Waals surface area contributed by atoms with Gasteiger partial charge < -0.3 is 19.6 Å². The summed E-state index contributed by atoms with van der Waals surface area (Å²) in [5, 5.41) is 7.48. The van der Waals surface area contributed by atoms with Crippen molar-refractivity contribution in [1.29, 1.82) is 0 Å². The Bertz CT molecular complexity index is 936. The van der Waals surface area contributed by atoms with Gasteiger partial charge in [0.15, 0.2) is 11.9 Å². The van der Waals surface area contributed by atoms with Gasteiger partial charge in [-0.1, -0.05) is 67.9 Å². The summed E-state index contributed by atoms with van der Waals surface area (Å²) >= 11 is 6.44. The van der Waals surface area contributed by atoms with E-state index in [4.69, 9.17) is 25.9 Å². The van der Waals surface area contributed by atoms with Gasteiger partial charge in [-0.3, -0.25) is 4.79 Å². The summed E-state index contributed by atoms with van der Waals surface area (Å²) in [4.78, 5) is 18.2. The largest absolute Gasteiger partial charge is 0.496 e. The van der Waals surface area contributed by atoms with Crippen molar-refractivity contribution in [2.45, 2.75) is 33.3 Å². The first kappa shape index (κ1) is 21.0. The molecule has 0 aliphatic carbocycles. The summed E-state index contributed by atoms with van der Waals surface area (Å²) in [5.74, 6) is 0.709. The number of nitrogens with one attached hydrogen (secondary N) is 1. The van der Waals surface area contributed by atoms with Gasteiger partial charge in [0.25, 0.3) is 0 Å². The van der Waals surface area contributed by atoms with E-state index in [1.807, 2.05) is 51.1 Å². The second-order valence-corrected chi connectivity index (χ2v) is 8.20. The minimum Gasteiger partial charge on any atom is -0.496 e. The van der Waals surface area contributed by atoms with E-state index in [2.05, 4.69) is 10.5 Å². The van der Waals surface area contributed by atoms with Gasteiger partial charge in [0, 0.05) is 17.9 Å². The number of carbonyl (C=O) groups excluding carboxylic acids is 1. The number of ether oxygens (including phenoxy) is 2. The van der Waals surface area contributed by atoms with Crippen LogP contribution in [0.5, 0.6) is 11.5 Å². The maximum atomic E-state index is 12.6. The van der Waals surface area contributed by atoms with Gasteiger partial charge in [0.05, 0.1) is 30.5 Å². The Labute approximate surface area is 175 Å². The third-order valence-electron chi connectivity index (χ3n) is 4.67. The predicted molar refractivity (Wildman–Crippen MR) is 114 cm³/mol. The molecule has 29 heavy (non-hydrogen) atoms. The Kier molecular flexibility index (Phi) is 6.03. The van der Waals surface area contributed by atoms with Crippen LogP contribution < -0.4 is 14.8 Å². The summed E-state index contributed by atoms with van der Waals surface area (Å²) in [7, 11) is 3.07. The molecule has 1 atom stereocenters. The molecule has 7 heteroatoms. The molecule has 1 aliphatic rings. The first-order valence-corrected chi connectivity index (χ1v) is 9.68. The molecular weight excluding hydrogens is 392 g/mol. The molecule has 1 amide bonds. The van der Waals surface area contributed by atoms with Gasteiger partial charge in [-0.2, -0.15) is 0 Å². The monoisotopic (exact) mass is 416 g/mol. The zero-order valence-electron chi connectivity index (χ0n) is 17.2. The predicted octanol–water partition coefficient (Wildman–Crippen LogP) is 5.21. The van der Waals surface area contributed by atoms with Crippen molar-refractivity contribution in [3.63, 3.8) is 0 Å². The molecule has 3 rings (SSSR count). The van der Waals surface area contributed by atoms with Gasteiger partial charge in [0.1, 0.15) is 11.4 Å². The van der Waals surface area contributed by atoms with E-state index in [-0.39, 0.29) is 12.0 Å². The van der Waals surface area contributed by atoms with Crippen LogP contribution in [-0.4, -0.2) is 25.8 Å². The van der Waals surface area contributed by atoms with Crippen LogP contribution in [-0.2, 0) is 9.63 Å². The lowest BCUT2D eigenvalue weighted by atomic mass is 9.95. The molecule has 2 aromatic rings. The van der Waals surface area contributed by atoms with Crippen LogP contribution in [0.4, 0.5) is 5.69 Å². The maximum absolute atomic E-state index is 12.6. The average molecular weight is 417 g/mol. The second-order valence-electron chi connectivity index (χ2n) is 7.79. The molecule has 1 unspecified atom stereocenters. The summed E-state index contributed by atoms with van der Waals surface area (Å²) in [6.07, 6.45) is 0.328. The molecule has 2 aromatic carbocycles. The first-order valence-electron chi connectivity index (χ1n) is 9.30. The molecule has 154 valence electrons. The van der Waals surface area contributed by atoms with E-state index in [1.54, 1.807) is 13.2 Å². The zero-order valence-corrected chi connectivity index (χ0v) is 18.0. The Balaban J connectivity index is 2.02. The average Bonchev–Trinajstić information content (AvgIpc) is 3.18. The molecule has 1 aliphatic heterocycles. The lowest BCUT2D eigenvalue weighted by Crippen LogP contribution is -2.28. The number of carbonyl (C=O) groups is 1.